The van der Waals surface area contributed by atoms with Crippen LogP contribution in [0.5, 0.6) is 5.75 Å². The number of amides is 1. The zero-order chi connectivity index (χ0) is 21.0. The van der Waals surface area contributed by atoms with Crippen molar-refractivity contribution in [2.75, 3.05) is 13.2 Å². The number of halogens is 5. The quantitative estimate of drug-likeness (QED) is 0.490. The smallest absolute Gasteiger partial charge is 0.434 e. The number of ether oxygens (including phenoxy) is 1. The van der Waals surface area contributed by atoms with Crippen molar-refractivity contribution in [2.24, 2.45) is 0 Å². The molecule has 0 saturated carbocycles. The maximum absolute atomic E-state index is 13.6. The van der Waals surface area contributed by atoms with Crippen LogP contribution in [0.1, 0.15) is 16.1 Å². The lowest BCUT2D eigenvalue weighted by Gasteiger charge is -2.13. The van der Waals surface area contributed by atoms with Crippen molar-refractivity contribution in [1.29, 1.82) is 0 Å². The number of carbonyl (C=O) groups excluding carboxylic acids is 1. The van der Waals surface area contributed by atoms with Crippen LogP contribution in [0.15, 0.2) is 59.2 Å². The van der Waals surface area contributed by atoms with Crippen molar-refractivity contribution in [3.8, 4) is 11.4 Å². The number of nitrogens with one attached hydrogen (secondary N) is 1. The summed E-state index contributed by atoms with van der Waals surface area (Å²) in [5.74, 6) is -0.324. The average Bonchev–Trinajstić information content (AvgIpc) is 3.11. The third-order valence-corrected chi connectivity index (χ3v) is 4.55. The monoisotopic (exact) mass is 487 g/mol. The number of nitrogens with zero attached hydrogens (tertiary/aromatic N) is 2. The minimum absolute atomic E-state index is 0.0226. The highest BCUT2D eigenvalue weighted by atomic mass is 79.9. The van der Waals surface area contributed by atoms with Gasteiger partial charge in [-0.3, -0.25) is 4.79 Å². The Hall–Kier alpha value is -2.52. The summed E-state index contributed by atoms with van der Waals surface area (Å²) in [6.07, 6.45) is -3.89. The molecule has 29 heavy (non-hydrogen) atoms. The van der Waals surface area contributed by atoms with Crippen LogP contribution >= 0.6 is 27.5 Å². The van der Waals surface area contributed by atoms with Gasteiger partial charge < -0.3 is 10.1 Å². The lowest BCUT2D eigenvalue weighted by molar-refractivity contribution is -0.143. The van der Waals surface area contributed by atoms with Crippen LogP contribution in [0.4, 0.5) is 13.2 Å². The van der Waals surface area contributed by atoms with E-state index in [-0.39, 0.29) is 18.8 Å². The van der Waals surface area contributed by atoms with Crippen molar-refractivity contribution < 1.29 is 22.7 Å². The van der Waals surface area contributed by atoms with Crippen LogP contribution < -0.4 is 10.1 Å². The number of aromatic nitrogens is 2. The zero-order valence-corrected chi connectivity index (χ0v) is 17.1. The minimum atomic E-state index is -4.78. The van der Waals surface area contributed by atoms with Gasteiger partial charge in [0.15, 0.2) is 5.69 Å². The topological polar surface area (TPSA) is 56.1 Å². The van der Waals surface area contributed by atoms with E-state index in [1.54, 1.807) is 18.2 Å². The van der Waals surface area contributed by atoms with Gasteiger partial charge in [0.25, 0.3) is 5.91 Å². The molecule has 0 aliphatic heterocycles. The third kappa shape index (κ3) is 5.30. The Morgan fingerprint density at radius 2 is 1.93 bits per heavy atom. The molecule has 2 aromatic carbocycles. The summed E-state index contributed by atoms with van der Waals surface area (Å²) in [7, 11) is 0. The van der Waals surface area contributed by atoms with E-state index in [1.165, 1.54) is 24.3 Å². The van der Waals surface area contributed by atoms with Crippen molar-refractivity contribution in [2.45, 2.75) is 6.18 Å². The molecule has 10 heteroatoms. The highest BCUT2D eigenvalue weighted by molar-refractivity contribution is 9.10. The first-order valence-corrected chi connectivity index (χ1v) is 9.50. The van der Waals surface area contributed by atoms with Gasteiger partial charge in [0.2, 0.25) is 0 Å². The number of carbonyl (C=O) groups is 1. The predicted molar refractivity (Wildman–Crippen MR) is 106 cm³/mol. The number of rotatable bonds is 6. The van der Waals surface area contributed by atoms with E-state index >= 15 is 0 Å². The first kappa shape index (κ1) is 21.2. The molecule has 1 heterocycles. The lowest BCUT2D eigenvalue weighted by atomic mass is 10.2. The fourth-order valence-electron chi connectivity index (χ4n) is 2.55. The summed E-state index contributed by atoms with van der Waals surface area (Å²) in [4.78, 5) is 12.3. The highest BCUT2D eigenvalue weighted by Crippen LogP contribution is 2.33. The Labute approximate surface area is 177 Å². The molecule has 0 aliphatic rings. The van der Waals surface area contributed by atoms with Gasteiger partial charge in [-0.15, -0.1) is 0 Å². The molecule has 0 bridgehead atoms. The van der Waals surface area contributed by atoms with E-state index in [0.29, 0.717) is 15.5 Å². The Morgan fingerprint density at radius 3 is 2.59 bits per heavy atom. The molecule has 0 unspecified atom stereocenters. The second-order valence-electron chi connectivity index (χ2n) is 5.85. The van der Waals surface area contributed by atoms with Crippen LogP contribution in [0.3, 0.4) is 0 Å². The molecule has 0 fully saturated rings. The fraction of sp³-hybridized carbons (Fsp3) is 0.158. The molecular formula is C19H14BrClF3N3O2. The standard InChI is InChI=1S/C19H14BrClF3N3O2/c20-12-2-1-3-15(10-12)29-9-8-25-18(28)16-11-26-27(17(16)19(22,23)24)14-6-4-13(21)5-7-14/h1-7,10-11H,8-9H2,(H,25,28). The van der Waals surface area contributed by atoms with Crippen molar-refractivity contribution in [3.05, 3.63) is 75.5 Å². The third-order valence-electron chi connectivity index (χ3n) is 3.81. The molecule has 152 valence electrons. The van der Waals surface area contributed by atoms with Gasteiger partial charge in [0.05, 0.1) is 24.0 Å². The van der Waals surface area contributed by atoms with E-state index in [4.69, 9.17) is 16.3 Å². The van der Waals surface area contributed by atoms with Gasteiger partial charge in [-0.2, -0.15) is 18.3 Å². The van der Waals surface area contributed by atoms with Crippen LogP contribution in [0.25, 0.3) is 5.69 Å². The Balaban J connectivity index is 1.72. The Kier molecular flexibility index (Phi) is 6.49. The largest absolute Gasteiger partial charge is 0.492 e. The molecule has 1 N–H and O–H groups in total. The van der Waals surface area contributed by atoms with E-state index in [0.717, 1.165) is 10.7 Å². The van der Waals surface area contributed by atoms with Crippen molar-refractivity contribution in [3.63, 3.8) is 0 Å². The molecule has 1 amide bonds. The second kappa shape index (κ2) is 8.87. The molecule has 3 aromatic rings. The van der Waals surface area contributed by atoms with Crippen LogP contribution in [0.2, 0.25) is 5.02 Å². The Bertz CT molecular complexity index is 1010. The van der Waals surface area contributed by atoms with Crippen LogP contribution in [0, 0.1) is 0 Å². The Morgan fingerprint density at radius 1 is 1.21 bits per heavy atom. The summed E-state index contributed by atoms with van der Waals surface area (Å²) in [6.45, 7) is 0.115. The fourth-order valence-corrected chi connectivity index (χ4v) is 3.06. The molecule has 5 nitrogen and oxygen atoms in total. The average molecular weight is 489 g/mol. The maximum atomic E-state index is 13.6. The first-order valence-electron chi connectivity index (χ1n) is 8.33. The van der Waals surface area contributed by atoms with E-state index in [2.05, 4.69) is 26.3 Å². The van der Waals surface area contributed by atoms with Crippen LogP contribution in [-0.4, -0.2) is 28.8 Å². The number of hydrogen-bond acceptors (Lipinski definition) is 3. The van der Waals surface area contributed by atoms with Gasteiger partial charge in [-0.05, 0) is 42.5 Å². The van der Waals surface area contributed by atoms with Gasteiger partial charge in [0, 0.05) is 9.50 Å². The maximum Gasteiger partial charge on any atom is 0.434 e. The van der Waals surface area contributed by atoms with E-state index < -0.39 is 23.3 Å². The van der Waals surface area contributed by atoms with Crippen molar-refractivity contribution in [1.82, 2.24) is 15.1 Å². The SMILES string of the molecule is O=C(NCCOc1cccc(Br)c1)c1cnn(-c2ccc(Cl)cc2)c1C(F)(F)F. The molecule has 0 saturated heterocycles. The van der Waals surface area contributed by atoms with Gasteiger partial charge in [-0.1, -0.05) is 33.6 Å². The summed E-state index contributed by atoms with van der Waals surface area (Å²) in [5.41, 5.74) is -1.60. The summed E-state index contributed by atoms with van der Waals surface area (Å²) >= 11 is 9.08. The predicted octanol–water partition coefficient (Wildman–Crippen LogP) is 5.12. The van der Waals surface area contributed by atoms with Crippen LogP contribution in [-0.2, 0) is 6.18 Å². The molecule has 3 rings (SSSR count). The zero-order valence-electron chi connectivity index (χ0n) is 14.7. The highest BCUT2D eigenvalue weighted by Gasteiger charge is 2.40. The molecule has 0 spiro atoms. The van der Waals surface area contributed by atoms with E-state index in [9.17, 15) is 18.0 Å². The van der Waals surface area contributed by atoms with Gasteiger partial charge in [-0.25, -0.2) is 4.68 Å². The van der Waals surface area contributed by atoms with Crippen molar-refractivity contribution >= 4 is 33.4 Å². The molecule has 1 aromatic heterocycles. The lowest BCUT2D eigenvalue weighted by Crippen LogP contribution is -2.30. The summed E-state index contributed by atoms with van der Waals surface area (Å²) in [5, 5.41) is 6.54. The summed E-state index contributed by atoms with van der Waals surface area (Å²) in [6, 6.07) is 12.7. The minimum Gasteiger partial charge on any atom is -0.492 e. The first-order chi connectivity index (χ1) is 13.8. The number of alkyl halides is 3. The van der Waals surface area contributed by atoms with Gasteiger partial charge >= 0.3 is 6.18 Å². The number of benzene rings is 2. The molecule has 0 aliphatic carbocycles. The molecular weight excluding hydrogens is 475 g/mol. The second-order valence-corrected chi connectivity index (χ2v) is 7.21. The number of hydrogen-bond donors (Lipinski definition) is 1. The van der Waals surface area contributed by atoms with Gasteiger partial charge in [0.1, 0.15) is 12.4 Å². The normalized spacial score (nSPS) is 11.3. The summed E-state index contributed by atoms with van der Waals surface area (Å²) < 4.78 is 47.8. The molecule has 0 atom stereocenters. The van der Waals surface area contributed by atoms with E-state index in [1.807, 2.05) is 6.07 Å². The molecule has 0 radical (unpaired) electrons.